The van der Waals surface area contributed by atoms with Crippen LogP contribution in [0.1, 0.15) is 49.4 Å². The highest BCUT2D eigenvalue weighted by molar-refractivity contribution is 7.89. The molecule has 2 aromatic rings. The minimum absolute atomic E-state index is 0.0726. The maximum Gasteiger partial charge on any atom is 0.243 e. The molecule has 30 heavy (non-hydrogen) atoms. The fourth-order valence-electron chi connectivity index (χ4n) is 3.92. The highest BCUT2D eigenvalue weighted by Gasteiger charge is 2.28. The number of ether oxygens (including phenoxy) is 1. The van der Waals surface area contributed by atoms with Crippen molar-refractivity contribution < 1.29 is 17.9 Å². The van der Waals surface area contributed by atoms with Crippen molar-refractivity contribution >= 4 is 15.9 Å². The lowest BCUT2D eigenvalue weighted by molar-refractivity contribution is -0.122. The molecule has 0 heterocycles. The molecule has 3 rings (SSSR count). The molecule has 1 atom stereocenters. The summed E-state index contributed by atoms with van der Waals surface area (Å²) in [6, 6.07) is 12.8. The Morgan fingerprint density at radius 2 is 1.97 bits per heavy atom. The molecule has 7 heteroatoms. The molecule has 6 nitrogen and oxygen atoms in total. The van der Waals surface area contributed by atoms with Crippen molar-refractivity contribution in [3.8, 4) is 5.75 Å². The minimum Gasteiger partial charge on any atom is -0.494 e. The molecule has 0 spiro atoms. The predicted octanol–water partition coefficient (Wildman–Crippen LogP) is 3.60. The molecule has 0 saturated carbocycles. The molecule has 0 aromatic heterocycles. The van der Waals surface area contributed by atoms with E-state index in [1.54, 1.807) is 19.1 Å². The summed E-state index contributed by atoms with van der Waals surface area (Å²) in [4.78, 5) is 12.9. The van der Waals surface area contributed by atoms with E-state index in [-0.39, 0.29) is 29.9 Å². The van der Waals surface area contributed by atoms with Gasteiger partial charge >= 0.3 is 0 Å². The van der Waals surface area contributed by atoms with Crippen molar-refractivity contribution in [3.63, 3.8) is 0 Å². The molecular formula is C23H30N2O4S. The van der Waals surface area contributed by atoms with Crippen LogP contribution in [0.5, 0.6) is 5.75 Å². The topological polar surface area (TPSA) is 75.7 Å². The third-order valence-electron chi connectivity index (χ3n) is 5.46. The summed E-state index contributed by atoms with van der Waals surface area (Å²) in [7, 11) is -3.78. The molecule has 1 aliphatic carbocycles. The van der Waals surface area contributed by atoms with Crippen molar-refractivity contribution in [3.05, 3.63) is 59.2 Å². The first-order valence-corrected chi connectivity index (χ1v) is 11.9. The number of hydrogen-bond acceptors (Lipinski definition) is 4. The Morgan fingerprint density at radius 1 is 1.20 bits per heavy atom. The molecule has 1 unspecified atom stereocenters. The standard InChI is InChI=1S/C23H30N2O4S/c1-4-25(30(27,28)19-13-14-22(29-5-2)17(3)15-19)16-23(26)24-21-12-8-10-18-9-6-7-11-20(18)21/h6-7,9,11,13-15,21H,4-5,8,10,12,16H2,1-3H3,(H,24,26). The highest BCUT2D eigenvalue weighted by atomic mass is 32.2. The molecule has 0 bridgehead atoms. The van der Waals surface area contributed by atoms with Gasteiger partial charge in [-0.15, -0.1) is 0 Å². The first kappa shape index (κ1) is 22.3. The Morgan fingerprint density at radius 3 is 2.67 bits per heavy atom. The number of carbonyl (C=O) groups is 1. The summed E-state index contributed by atoms with van der Waals surface area (Å²) < 4.78 is 32.9. The maximum absolute atomic E-state index is 13.1. The van der Waals surface area contributed by atoms with Crippen molar-refractivity contribution in [2.45, 2.75) is 51.0 Å². The average molecular weight is 431 g/mol. The Kier molecular flexibility index (Phi) is 7.15. The summed E-state index contributed by atoms with van der Waals surface area (Å²) >= 11 is 0. The lowest BCUT2D eigenvalue weighted by Crippen LogP contribution is -2.42. The first-order chi connectivity index (χ1) is 14.4. The van der Waals surface area contributed by atoms with Gasteiger partial charge in [-0.25, -0.2) is 8.42 Å². The monoisotopic (exact) mass is 430 g/mol. The largest absolute Gasteiger partial charge is 0.494 e. The Balaban J connectivity index is 1.73. The van der Waals surface area contributed by atoms with Gasteiger partial charge in [0.25, 0.3) is 0 Å². The summed E-state index contributed by atoms with van der Waals surface area (Å²) in [5.74, 6) is 0.373. The van der Waals surface area contributed by atoms with Crippen LogP contribution in [0.4, 0.5) is 0 Å². The number of fused-ring (bicyclic) bond motifs is 1. The van der Waals surface area contributed by atoms with Crippen LogP contribution in [-0.2, 0) is 21.2 Å². The molecular weight excluding hydrogens is 400 g/mol. The van der Waals surface area contributed by atoms with Gasteiger partial charge in [-0.2, -0.15) is 4.31 Å². The molecule has 0 fully saturated rings. The summed E-state index contributed by atoms with van der Waals surface area (Å²) in [5, 5.41) is 3.04. The number of carbonyl (C=O) groups excluding carboxylic acids is 1. The van der Waals surface area contributed by atoms with E-state index in [0.29, 0.717) is 12.4 Å². The number of amides is 1. The zero-order valence-electron chi connectivity index (χ0n) is 17.8. The molecule has 2 aromatic carbocycles. The van der Waals surface area contributed by atoms with E-state index in [4.69, 9.17) is 4.74 Å². The van der Waals surface area contributed by atoms with Crippen LogP contribution in [0, 0.1) is 6.92 Å². The number of rotatable bonds is 8. The molecule has 1 amide bonds. The van der Waals surface area contributed by atoms with Crippen LogP contribution >= 0.6 is 0 Å². The van der Waals surface area contributed by atoms with Crippen molar-refractivity contribution in [2.24, 2.45) is 0 Å². The lowest BCUT2D eigenvalue weighted by atomic mass is 9.88. The van der Waals surface area contributed by atoms with E-state index in [1.807, 2.05) is 32.0 Å². The highest BCUT2D eigenvalue weighted by Crippen LogP contribution is 2.29. The summed E-state index contributed by atoms with van der Waals surface area (Å²) in [6.45, 7) is 5.95. The van der Waals surface area contributed by atoms with E-state index >= 15 is 0 Å². The van der Waals surface area contributed by atoms with Gasteiger partial charge in [0.2, 0.25) is 15.9 Å². The first-order valence-electron chi connectivity index (χ1n) is 10.5. The number of benzene rings is 2. The van der Waals surface area contributed by atoms with Gasteiger partial charge in [0.05, 0.1) is 24.1 Å². The van der Waals surface area contributed by atoms with Gasteiger partial charge in [-0.3, -0.25) is 4.79 Å². The Bertz CT molecular complexity index is 1000. The molecule has 1 N–H and O–H groups in total. The SMILES string of the molecule is CCOc1ccc(S(=O)(=O)N(CC)CC(=O)NC2CCCc3ccccc32)cc1C. The van der Waals surface area contributed by atoms with Crippen LogP contribution in [0.3, 0.4) is 0 Å². The van der Waals surface area contributed by atoms with Crippen molar-refractivity contribution in [2.75, 3.05) is 19.7 Å². The molecule has 0 radical (unpaired) electrons. The Hall–Kier alpha value is -2.38. The Labute approximate surface area is 179 Å². The maximum atomic E-state index is 13.1. The second-order valence-electron chi connectivity index (χ2n) is 7.50. The van der Waals surface area contributed by atoms with Crippen LogP contribution < -0.4 is 10.1 Å². The summed E-state index contributed by atoms with van der Waals surface area (Å²) in [5.41, 5.74) is 3.13. The van der Waals surface area contributed by atoms with E-state index < -0.39 is 10.0 Å². The quantitative estimate of drug-likeness (QED) is 0.694. The lowest BCUT2D eigenvalue weighted by Gasteiger charge is -2.27. The van der Waals surface area contributed by atoms with E-state index in [9.17, 15) is 13.2 Å². The third-order valence-corrected chi connectivity index (χ3v) is 7.38. The molecule has 0 aliphatic heterocycles. The predicted molar refractivity (Wildman–Crippen MR) is 117 cm³/mol. The number of nitrogens with zero attached hydrogens (tertiary/aromatic N) is 1. The van der Waals surface area contributed by atoms with E-state index in [2.05, 4.69) is 11.4 Å². The number of aryl methyl sites for hydroxylation is 2. The van der Waals surface area contributed by atoms with Crippen molar-refractivity contribution in [1.29, 1.82) is 0 Å². The smallest absolute Gasteiger partial charge is 0.243 e. The van der Waals surface area contributed by atoms with Gasteiger partial charge in [-0.05, 0) is 68.0 Å². The minimum atomic E-state index is -3.78. The van der Waals surface area contributed by atoms with E-state index in [1.165, 1.54) is 15.9 Å². The fourth-order valence-corrected chi connectivity index (χ4v) is 5.41. The van der Waals surface area contributed by atoms with Crippen LogP contribution in [-0.4, -0.2) is 38.3 Å². The van der Waals surface area contributed by atoms with Crippen LogP contribution in [0.2, 0.25) is 0 Å². The number of nitrogens with one attached hydrogen (secondary N) is 1. The van der Waals surface area contributed by atoms with E-state index in [0.717, 1.165) is 30.4 Å². The van der Waals surface area contributed by atoms with Gasteiger partial charge < -0.3 is 10.1 Å². The average Bonchev–Trinajstić information content (AvgIpc) is 2.73. The zero-order valence-corrected chi connectivity index (χ0v) is 18.7. The number of hydrogen-bond donors (Lipinski definition) is 1. The van der Waals surface area contributed by atoms with Crippen LogP contribution in [0.15, 0.2) is 47.4 Å². The van der Waals surface area contributed by atoms with Gasteiger partial charge in [0.15, 0.2) is 0 Å². The molecule has 0 saturated heterocycles. The normalized spacial score (nSPS) is 16.2. The van der Waals surface area contributed by atoms with Crippen LogP contribution in [0.25, 0.3) is 0 Å². The third kappa shape index (κ3) is 4.84. The second-order valence-corrected chi connectivity index (χ2v) is 9.44. The molecule has 162 valence electrons. The van der Waals surface area contributed by atoms with Gasteiger partial charge in [-0.1, -0.05) is 31.2 Å². The second kappa shape index (κ2) is 9.62. The fraction of sp³-hybridized carbons (Fsp3) is 0.435. The number of sulfonamides is 1. The van der Waals surface area contributed by atoms with Gasteiger partial charge in [0, 0.05) is 6.54 Å². The molecule has 1 aliphatic rings. The summed E-state index contributed by atoms with van der Waals surface area (Å²) in [6.07, 6.45) is 2.87. The number of likely N-dealkylation sites (N-methyl/N-ethyl adjacent to an activating group) is 1. The van der Waals surface area contributed by atoms with Gasteiger partial charge in [0.1, 0.15) is 5.75 Å². The van der Waals surface area contributed by atoms with Crippen molar-refractivity contribution in [1.82, 2.24) is 9.62 Å². The zero-order chi connectivity index (χ0) is 21.7.